The number of hydrogen-bond donors (Lipinski definition) is 1. The van der Waals surface area contributed by atoms with Crippen LogP contribution in [0.3, 0.4) is 0 Å². The minimum Gasteiger partial charge on any atom is -0.507 e. The number of amides is 1. The van der Waals surface area contributed by atoms with Crippen molar-refractivity contribution in [1.29, 1.82) is 0 Å². The molecule has 196 valence electrons. The van der Waals surface area contributed by atoms with Crippen LogP contribution in [0.1, 0.15) is 33.9 Å². The van der Waals surface area contributed by atoms with E-state index in [1.165, 1.54) is 19.1 Å². The zero-order chi connectivity index (χ0) is 27.6. The van der Waals surface area contributed by atoms with Crippen LogP contribution in [0, 0.1) is 13.8 Å². The summed E-state index contributed by atoms with van der Waals surface area (Å²) in [4.78, 5) is 40.0. The Balaban J connectivity index is 1.91. The standard InChI is InChI=1S/C30H29NO7/c1-17-14-18(2)29(38-5)23(15-17)27(33)25-26(20-8-12-22(36-3)13-9-20)31(30(35)28(25)34)21-10-6-19(7-11-21)16-24(32)37-4/h6-15,26,33H,16H2,1-5H3/b27-25+. The Labute approximate surface area is 221 Å². The lowest BCUT2D eigenvalue weighted by atomic mass is 9.93. The van der Waals surface area contributed by atoms with Crippen molar-refractivity contribution in [2.75, 3.05) is 26.2 Å². The van der Waals surface area contributed by atoms with Crippen molar-refractivity contribution in [3.63, 3.8) is 0 Å². The highest BCUT2D eigenvalue weighted by molar-refractivity contribution is 6.51. The van der Waals surface area contributed by atoms with E-state index in [9.17, 15) is 19.5 Å². The van der Waals surface area contributed by atoms with E-state index in [1.54, 1.807) is 61.7 Å². The van der Waals surface area contributed by atoms with E-state index < -0.39 is 17.7 Å². The molecule has 1 aliphatic heterocycles. The number of rotatable bonds is 7. The molecule has 0 radical (unpaired) electrons. The Hall–Kier alpha value is -4.59. The van der Waals surface area contributed by atoms with Gasteiger partial charge in [0.25, 0.3) is 11.7 Å². The van der Waals surface area contributed by atoms with Crippen LogP contribution in [0.4, 0.5) is 5.69 Å². The van der Waals surface area contributed by atoms with E-state index in [0.29, 0.717) is 33.9 Å². The van der Waals surface area contributed by atoms with Gasteiger partial charge in [-0.2, -0.15) is 0 Å². The maximum atomic E-state index is 13.5. The Morgan fingerprint density at radius 1 is 0.921 bits per heavy atom. The van der Waals surface area contributed by atoms with Gasteiger partial charge >= 0.3 is 5.97 Å². The van der Waals surface area contributed by atoms with Crippen molar-refractivity contribution < 1.29 is 33.7 Å². The van der Waals surface area contributed by atoms with Gasteiger partial charge < -0.3 is 19.3 Å². The van der Waals surface area contributed by atoms with Crippen LogP contribution in [-0.2, 0) is 25.5 Å². The summed E-state index contributed by atoms with van der Waals surface area (Å²) < 4.78 is 15.6. The largest absolute Gasteiger partial charge is 0.507 e. The summed E-state index contributed by atoms with van der Waals surface area (Å²) in [5.41, 5.74) is 3.66. The van der Waals surface area contributed by atoms with Crippen molar-refractivity contribution in [2.24, 2.45) is 0 Å². The number of carbonyl (C=O) groups is 3. The molecular weight excluding hydrogens is 486 g/mol. The number of benzene rings is 3. The minimum absolute atomic E-state index is 0.0536. The summed E-state index contributed by atoms with van der Waals surface area (Å²) in [7, 11) is 4.35. The third-order valence-electron chi connectivity index (χ3n) is 6.54. The molecule has 0 aliphatic carbocycles. The van der Waals surface area contributed by atoms with Gasteiger partial charge in [-0.25, -0.2) is 0 Å². The number of ketones is 1. The molecule has 1 fully saturated rings. The number of methoxy groups -OCH3 is 3. The average Bonchev–Trinajstić information content (AvgIpc) is 3.18. The van der Waals surface area contributed by atoms with E-state index in [4.69, 9.17) is 14.2 Å². The number of Topliss-reactive ketones (excluding diaryl/α,β-unsaturated/α-hetero) is 1. The molecule has 1 unspecified atom stereocenters. The lowest BCUT2D eigenvalue weighted by molar-refractivity contribution is -0.139. The number of aliphatic hydroxyl groups excluding tert-OH is 1. The smallest absolute Gasteiger partial charge is 0.309 e. The molecule has 8 nitrogen and oxygen atoms in total. The van der Waals surface area contributed by atoms with E-state index in [-0.39, 0.29) is 23.7 Å². The summed E-state index contributed by atoms with van der Waals surface area (Å²) in [6, 6.07) is 16.4. The van der Waals surface area contributed by atoms with Gasteiger partial charge in [0.2, 0.25) is 0 Å². The van der Waals surface area contributed by atoms with Crippen LogP contribution in [0.25, 0.3) is 5.76 Å². The molecule has 1 amide bonds. The van der Waals surface area contributed by atoms with Crippen LogP contribution in [0.15, 0.2) is 66.2 Å². The van der Waals surface area contributed by atoms with Crippen LogP contribution in [-0.4, -0.2) is 44.1 Å². The highest BCUT2D eigenvalue weighted by Gasteiger charge is 2.47. The summed E-state index contributed by atoms with van der Waals surface area (Å²) in [6.07, 6.45) is 0.0734. The first-order valence-electron chi connectivity index (χ1n) is 12.0. The van der Waals surface area contributed by atoms with Gasteiger partial charge in [-0.05, 0) is 66.4 Å². The fourth-order valence-electron chi connectivity index (χ4n) is 4.76. The van der Waals surface area contributed by atoms with Crippen molar-refractivity contribution in [1.82, 2.24) is 0 Å². The molecule has 1 atom stereocenters. The summed E-state index contributed by atoms with van der Waals surface area (Å²) >= 11 is 0. The van der Waals surface area contributed by atoms with E-state index >= 15 is 0 Å². The topological polar surface area (TPSA) is 102 Å². The fourth-order valence-corrected chi connectivity index (χ4v) is 4.76. The van der Waals surface area contributed by atoms with Gasteiger partial charge in [0.1, 0.15) is 17.3 Å². The number of ether oxygens (including phenoxy) is 3. The highest BCUT2D eigenvalue weighted by atomic mass is 16.5. The molecule has 0 saturated carbocycles. The Bertz CT molecular complexity index is 1420. The molecule has 8 heteroatoms. The summed E-state index contributed by atoms with van der Waals surface area (Å²) in [5, 5.41) is 11.6. The molecule has 1 N–H and O–H groups in total. The number of carbonyl (C=O) groups excluding carboxylic acids is 3. The third kappa shape index (κ3) is 4.85. The van der Waals surface area contributed by atoms with Crippen molar-refractivity contribution in [3.05, 3.63) is 94.1 Å². The van der Waals surface area contributed by atoms with Gasteiger partial charge in [0, 0.05) is 5.69 Å². The van der Waals surface area contributed by atoms with E-state index in [1.807, 2.05) is 19.9 Å². The maximum Gasteiger partial charge on any atom is 0.309 e. The molecule has 1 aliphatic rings. The Kier molecular flexibility index (Phi) is 7.52. The van der Waals surface area contributed by atoms with E-state index in [0.717, 1.165) is 11.1 Å². The van der Waals surface area contributed by atoms with Crippen molar-refractivity contribution in [3.8, 4) is 11.5 Å². The second kappa shape index (κ2) is 10.8. The van der Waals surface area contributed by atoms with Gasteiger partial charge in [-0.15, -0.1) is 0 Å². The first-order valence-corrected chi connectivity index (χ1v) is 12.0. The predicted molar refractivity (Wildman–Crippen MR) is 142 cm³/mol. The van der Waals surface area contributed by atoms with Crippen LogP contribution in [0.5, 0.6) is 11.5 Å². The molecule has 1 heterocycles. The number of esters is 1. The van der Waals surface area contributed by atoms with Crippen LogP contribution >= 0.6 is 0 Å². The predicted octanol–water partition coefficient (Wildman–Crippen LogP) is 4.66. The minimum atomic E-state index is -0.919. The third-order valence-corrected chi connectivity index (χ3v) is 6.54. The lowest BCUT2D eigenvalue weighted by Crippen LogP contribution is -2.29. The second-order valence-corrected chi connectivity index (χ2v) is 9.02. The normalized spacial score (nSPS) is 16.4. The molecule has 1 saturated heterocycles. The molecule has 38 heavy (non-hydrogen) atoms. The Morgan fingerprint density at radius 3 is 2.16 bits per heavy atom. The number of nitrogens with zero attached hydrogens (tertiary/aromatic N) is 1. The first-order chi connectivity index (χ1) is 18.2. The van der Waals surface area contributed by atoms with Crippen LogP contribution in [0.2, 0.25) is 0 Å². The first kappa shape index (κ1) is 26.5. The second-order valence-electron chi connectivity index (χ2n) is 9.02. The number of aliphatic hydroxyl groups is 1. The number of hydrogen-bond acceptors (Lipinski definition) is 7. The fraction of sp³-hybridized carbons (Fsp3) is 0.233. The number of aryl methyl sites for hydroxylation is 2. The molecule has 0 bridgehead atoms. The van der Waals surface area contributed by atoms with Gasteiger partial charge in [0.05, 0.1) is 44.9 Å². The Morgan fingerprint density at radius 2 is 1.58 bits per heavy atom. The monoisotopic (exact) mass is 515 g/mol. The molecule has 0 aromatic heterocycles. The quantitative estimate of drug-likeness (QED) is 0.211. The molecule has 3 aromatic rings. The zero-order valence-corrected chi connectivity index (χ0v) is 21.9. The lowest BCUT2D eigenvalue weighted by Gasteiger charge is -2.26. The maximum absolute atomic E-state index is 13.5. The van der Waals surface area contributed by atoms with Crippen LogP contribution < -0.4 is 14.4 Å². The highest BCUT2D eigenvalue weighted by Crippen LogP contribution is 2.44. The molecular formula is C30H29NO7. The van der Waals surface area contributed by atoms with Crippen molar-refractivity contribution >= 4 is 29.1 Å². The molecule has 4 rings (SSSR count). The average molecular weight is 516 g/mol. The van der Waals surface area contributed by atoms with E-state index in [2.05, 4.69) is 0 Å². The SMILES string of the molecule is COC(=O)Cc1ccc(N2C(=O)C(=O)/C(=C(/O)c3cc(C)cc(C)c3OC)C2c2ccc(OC)cc2)cc1. The van der Waals surface area contributed by atoms with Gasteiger partial charge in [-0.1, -0.05) is 30.3 Å². The van der Waals surface area contributed by atoms with Crippen molar-refractivity contribution in [2.45, 2.75) is 26.3 Å². The molecule has 0 spiro atoms. The zero-order valence-electron chi connectivity index (χ0n) is 21.9. The summed E-state index contributed by atoms with van der Waals surface area (Å²) in [6.45, 7) is 3.72. The van der Waals surface area contributed by atoms with Gasteiger partial charge in [0.15, 0.2) is 0 Å². The number of anilines is 1. The summed E-state index contributed by atoms with van der Waals surface area (Å²) in [5.74, 6) is -1.29. The molecule has 3 aromatic carbocycles. The van der Waals surface area contributed by atoms with Gasteiger partial charge in [-0.3, -0.25) is 19.3 Å².